The molecule has 0 saturated carbocycles. The van der Waals surface area contributed by atoms with Crippen molar-refractivity contribution < 1.29 is 0 Å². The number of anilines is 3. The van der Waals surface area contributed by atoms with Gasteiger partial charge in [0, 0.05) is 89.7 Å². The minimum atomic E-state index is -1.47. The highest BCUT2D eigenvalue weighted by Gasteiger charge is 2.36. The molecule has 0 bridgehead atoms. The van der Waals surface area contributed by atoms with Crippen LogP contribution in [0.4, 0.5) is 17.1 Å². The van der Waals surface area contributed by atoms with E-state index in [2.05, 4.69) is 237 Å². The molecule has 0 radical (unpaired) electrons. The van der Waals surface area contributed by atoms with Crippen molar-refractivity contribution in [1.29, 1.82) is 0 Å². The zero-order valence-corrected chi connectivity index (χ0v) is 42.4. The Morgan fingerprint density at radius 3 is 1.99 bits per heavy atom. The molecule has 1 unspecified atom stereocenters. The van der Waals surface area contributed by atoms with Crippen molar-refractivity contribution >= 4 is 97.7 Å². The summed E-state index contributed by atoms with van der Waals surface area (Å²) < 4.78 is 4.96. The predicted molar refractivity (Wildman–Crippen MR) is 303 cm³/mol. The largest absolute Gasteiger partial charge is 0.314 e. The van der Waals surface area contributed by atoms with Gasteiger partial charge < -0.3 is 18.8 Å². The Balaban J connectivity index is 1.04. The minimum absolute atomic E-state index is 0.213. The summed E-state index contributed by atoms with van der Waals surface area (Å²) in [6.07, 6.45) is 16.5. The maximum atomic E-state index is 4.82. The van der Waals surface area contributed by atoms with Crippen LogP contribution in [0.25, 0.3) is 67.3 Å². The van der Waals surface area contributed by atoms with Gasteiger partial charge in [-0.1, -0.05) is 163 Å². The number of aryl methyl sites for hydroxylation is 1. The van der Waals surface area contributed by atoms with E-state index in [0.717, 1.165) is 45.4 Å². The molecule has 0 N–H and O–H groups in total. The maximum Gasteiger partial charge on any atom is 0.0775 e. The molecule has 69 heavy (non-hydrogen) atoms. The highest BCUT2D eigenvalue weighted by Crippen LogP contribution is 2.52. The van der Waals surface area contributed by atoms with Crippen molar-refractivity contribution in [2.75, 3.05) is 9.80 Å². The van der Waals surface area contributed by atoms with Gasteiger partial charge in [0.25, 0.3) is 0 Å². The van der Waals surface area contributed by atoms with Gasteiger partial charge in [-0.25, -0.2) is 0 Å². The summed E-state index contributed by atoms with van der Waals surface area (Å²) in [5.74, 6) is 1.13. The lowest BCUT2D eigenvalue weighted by molar-refractivity contribution is 0.803. The molecule has 4 heterocycles. The van der Waals surface area contributed by atoms with Gasteiger partial charge in [-0.15, -0.1) is 0 Å². The van der Waals surface area contributed by atoms with E-state index in [4.69, 9.17) is 13.2 Å². The lowest BCUT2D eigenvalue weighted by Gasteiger charge is -2.33. The molecule has 11 rings (SSSR count). The molecule has 5 heteroatoms. The highest BCUT2D eigenvalue weighted by molar-refractivity contribution is 6.88. The maximum absolute atomic E-state index is 4.82. The van der Waals surface area contributed by atoms with Crippen LogP contribution < -0.4 is 25.6 Å². The van der Waals surface area contributed by atoms with Crippen molar-refractivity contribution in [3.63, 3.8) is 0 Å². The molecule has 2 aliphatic rings. The normalized spacial score (nSPS) is 15.5. The summed E-state index contributed by atoms with van der Waals surface area (Å²) in [4.78, 5) is 4.69. The fourth-order valence-electron chi connectivity index (χ4n) is 11.1. The summed E-state index contributed by atoms with van der Waals surface area (Å²) in [7, 11) is -1.47. The number of benzene rings is 6. The molecule has 0 spiro atoms. The fraction of sp³-hybridized carbons (Fsp3) is 0.188. The summed E-state index contributed by atoms with van der Waals surface area (Å²) >= 11 is 0. The summed E-state index contributed by atoms with van der Waals surface area (Å²) in [6.45, 7) is 32.2. The number of rotatable bonds is 12. The van der Waals surface area contributed by atoms with E-state index in [9.17, 15) is 0 Å². The van der Waals surface area contributed by atoms with E-state index in [-0.39, 0.29) is 5.92 Å². The van der Waals surface area contributed by atoms with Crippen LogP contribution in [-0.4, -0.2) is 17.0 Å². The summed E-state index contributed by atoms with van der Waals surface area (Å²) in [5.41, 5.74) is 16.7. The molecular formula is C64H62N4Si. The van der Waals surface area contributed by atoms with E-state index in [1.54, 1.807) is 0 Å². The first-order chi connectivity index (χ1) is 33.2. The topological polar surface area (TPSA) is 15.8 Å². The van der Waals surface area contributed by atoms with Gasteiger partial charge in [-0.05, 0) is 109 Å². The summed E-state index contributed by atoms with van der Waals surface area (Å²) in [5, 5.41) is 9.71. The Morgan fingerprint density at radius 1 is 0.710 bits per heavy atom. The molecule has 9 aromatic rings. The van der Waals surface area contributed by atoms with E-state index >= 15 is 0 Å². The average Bonchev–Trinajstić information content (AvgIpc) is 4.04. The van der Waals surface area contributed by atoms with Gasteiger partial charge in [0.05, 0.1) is 30.1 Å². The summed E-state index contributed by atoms with van der Waals surface area (Å²) in [6, 6.07) is 45.5. The van der Waals surface area contributed by atoms with Crippen molar-refractivity contribution in [3.8, 4) is 0 Å². The van der Waals surface area contributed by atoms with Crippen LogP contribution in [0.3, 0.4) is 0 Å². The van der Waals surface area contributed by atoms with Crippen LogP contribution in [0.5, 0.6) is 0 Å². The van der Waals surface area contributed by atoms with E-state index in [0.29, 0.717) is 11.8 Å². The number of aromatic nitrogens is 2. The predicted octanol–water partition coefficient (Wildman–Crippen LogP) is 15.3. The SMILES string of the molecule is C=C/C(=C\C=C\C(C)C)N(C1=CC=C2C(C1)c1cccc3c4cc5c(cc4n2c13)c1cccc2/c(=C/C(=C)N(c3ccc(C)cc3)c3ccc(C(C)C)cc3)c(=C)n5c21)c1ccc([Si](C)(C)C)cc1. The molecule has 0 saturated heterocycles. The van der Waals surface area contributed by atoms with Crippen molar-refractivity contribution in [3.05, 3.63) is 215 Å². The number of allylic oxidation sites excluding steroid dienone is 9. The first-order valence-electron chi connectivity index (χ1n) is 24.7. The Kier molecular flexibility index (Phi) is 10.7. The van der Waals surface area contributed by atoms with Crippen LogP contribution in [0, 0.1) is 12.8 Å². The minimum Gasteiger partial charge on any atom is -0.314 e. The van der Waals surface area contributed by atoms with Crippen molar-refractivity contribution in [2.45, 2.75) is 72.5 Å². The molecule has 1 aliphatic heterocycles. The first-order valence-corrected chi connectivity index (χ1v) is 28.2. The van der Waals surface area contributed by atoms with Gasteiger partial charge in [-0.3, -0.25) is 0 Å². The highest BCUT2D eigenvalue weighted by atomic mass is 28.3. The molecule has 4 nitrogen and oxygen atoms in total. The van der Waals surface area contributed by atoms with Gasteiger partial charge in [0.2, 0.25) is 0 Å². The lowest BCUT2D eigenvalue weighted by Crippen LogP contribution is -2.37. The number of nitrogens with zero attached hydrogens (tertiary/aromatic N) is 4. The van der Waals surface area contributed by atoms with E-state index in [1.807, 2.05) is 6.08 Å². The van der Waals surface area contributed by atoms with Crippen LogP contribution in [0.1, 0.15) is 62.6 Å². The van der Waals surface area contributed by atoms with Crippen molar-refractivity contribution in [2.24, 2.45) is 5.92 Å². The first kappa shape index (κ1) is 44.2. The molecule has 3 aromatic heterocycles. The molecule has 6 aromatic carbocycles. The third-order valence-corrected chi connectivity index (χ3v) is 16.7. The van der Waals surface area contributed by atoms with Gasteiger partial charge >= 0.3 is 0 Å². The Labute approximate surface area is 408 Å². The smallest absolute Gasteiger partial charge is 0.0775 e. The zero-order valence-electron chi connectivity index (χ0n) is 41.4. The molecule has 1 atom stereocenters. The van der Waals surface area contributed by atoms with Crippen molar-refractivity contribution in [1.82, 2.24) is 8.97 Å². The molecule has 1 aliphatic carbocycles. The van der Waals surface area contributed by atoms with Crippen LogP contribution in [0.15, 0.2) is 188 Å². The lowest BCUT2D eigenvalue weighted by atomic mass is 9.88. The number of hydrogen-bond acceptors (Lipinski definition) is 2. The van der Waals surface area contributed by atoms with E-state index < -0.39 is 8.07 Å². The number of para-hydroxylation sites is 2. The fourth-order valence-corrected chi connectivity index (χ4v) is 12.3. The average molecular weight is 915 g/mol. The molecular weight excluding hydrogens is 853 g/mol. The number of fused-ring (bicyclic) bond motifs is 9. The second-order valence-corrected chi connectivity index (χ2v) is 26.1. The Morgan fingerprint density at radius 2 is 1.32 bits per heavy atom. The van der Waals surface area contributed by atoms with Crippen LogP contribution >= 0.6 is 0 Å². The molecule has 0 fully saturated rings. The zero-order chi connectivity index (χ0) is 48.0. The second-order valence-electron chi connectivity index (χ2n) is 21.0. The molecule has 342 valence electrons. The van der Waals surface area contributed by atoms with Gasteiger partial charge in [0.1, 0.15) is 0 Å². The third kappa shape index (κ3) is 7.25. The van der Waals surface area contributed by atoms with Gasteiger partial charge in [0.15, 0.2) is 0 Å². The Bertz CT molecular complexity index is 3790. The van der Waals surface area contributed by atoms with Gasteiger partial charge in [-0.2, -0.15) is 0 Å². The standard InChI is InChI=1S/C64H62N4Si/c1-12-46(17-13-16-40(2)3)67(49-30-33-51(34-31-49)69(9,10)11)50-32-35-60-57(37-50)53-19-15-21-55-59-38-61-58(39-62(59)68(60)64(53)55)54-20-14-18-52-56(44(8)66(61)63(52)54)36-43(7)65(47-26-22-42(6)23-27-47)48-28-24-45(25-29-48)41(4)5/h12-36,38-41,57H,1,7-8,37H2,2-6,9-11H3/b16-13+,46-17+,56-36+. The second kappa shape index (κ2) is 16.7. The molecule has 0 amide bonds. The van der Waals surface area contributed by atoms with Crippen LogP contribution in [0.2, 0.25) is 19.6 Å². The van der Waals surface area contributed by atoms with Crippen LogP contribution in [-0.2, 0) is 0 Å². The number of hydrogen-bond donors (Lipinski definition) is 0. The Hall–Kier alpha value is -7.34. The quantitative estimate of drug-likeness (QED) is 0.0897. The van der Waals surface area contributed by atoms with E-state index in [1.165, 1.54) is 82.3 Å². The monoisotopic (exact) mass is 914 g/mol. The third-order valence-electron chi connectivity index (χ3n) is 14.7.